The Kier molecular flexibility index (Phi) is 2.25. The fourth-order valence-corrected chi connectivity index (χ4v) is 1.71. The molecule has 0 spiro atoms. The molecule has 0 bridgehead atoms. The molecular formula is C11H12O3. The first kappa shape index (κ1) is 9.21. The Balaban J connectivity index is 2.08. The van der Waals surface area contributed by atoms with Crippen molar-refractivity contribution in [2.75, 3.05) is 0 Å². The van der Waals surface area contributed by atoms with Crippen LogP contribution in [0.2, 0.25) is 0 Å². The Hall–Kier alpha value is -1.35. The van der Waals surface area contributed by atoms with E-state index in [0.29, 0.717) is 0 Å². The third kappa shape index (κ3) is 1.63. The van der Waals surface area contributed by atoms with Crippen LogP contribution in [0.25, 0.3) is 0 Å². The number of carboxylic acid groups (broad SMARTS) is 1. The third-order valence-corrected chi connectivity index (χ3v) is 2.70. The molecule has 74 valence electrons. The van der Waals surface area contributed by atoms with Gasteiger partial charge in [0.2, 0.25) is 0 Å². The van der Waals surface area contributed by atoms with Gasteiger partial charge in [0.25, 0.3) is 0 Å². The van der Waals surface area contributed by atoms with Crippen LogP contribution in [0.1, 0.15) is 23.5 Å². The van der Waals surface area contributed by atoms with Gasteiger partial charge in [0.1, 0.15) is 0 Å². The molecule has 1 aromatic rings. The van der Waals surface area contributed by atoms with Gasteiger partial charge in [-0.15, -0.1) is 0 Å². The van der Waals surface area contributed by atoms with Crippen LogP contribution in [-0.2, 0) is 11.4 Å². The Labute approximate surface area is 82.0 Å². The minimum atomic E-state index is -0.707. The molecule has 2 rings (SSSR count). The molecule has 1 fully saturated rings. The second kappa shape index (κ2) is 3.42. The van der Waals surface area contributed by atoms with Crippen LogP contribution in [0.5, 0.6) is 0 Å². The van der Waals surface area contributed by atoms with E-state index in [2.05, 4.69) is 0 Å². The van der Waals surface area contributed by atoms with Crippen molar-refractivity contribution in [3.8, 4) is 0 Å². The maximum absolute atomic E-state index is 10.6. The van der Waals surface area contributed by atoms with Crippen LogP contribution in [0, 0.1) is 5.92 Å². The van der Waals surface area contributed by atoms with Crippen LogP contribution >= 0.6 is 0 Å². The minimum Gasteiger partial charge on any atom is -0.481 e. The number of aliphatic carboxylic acids is 1. The number of carbonyl (C=O) groups is 1. The Morgan fingerprint density at radius 2 is 2.00 bits per heavy atom. The fraction of sp³-hybridized carbons (Fsp3) is 0.364. The van der Waals surface area contributed by atoms with E-state index in [1.807, 2.05) is 24.3 Å². The molecule has 2 atom stereocenters. The number of benzene rings is 1. The Bertz CT molecular complexity index is 342. The van der Waals surface area contributed by atoms with Crippen molar-refractivity contribution in [2.45, 2.75) is 18.9 Å². The van der Waals surface area contributed by atoms with Gasteiger partial charge in [-0.1, -0.05) is 24.3 Å². The molecule has 1 saturated carbocycles. The van der Waals surface area contributed by atoms with E-state index in [0.717, 1.165) is 17.5 Å². The summed E-state index contributed by atoms with van der Waals surface area (Å²) in [6.07, 6.45) is 0.744. The zero-order chi connectivity index (χ0) is 10.1. The molecule has 0 amide bonds. The quantitative estimate of drug-likeness (QED) is 0.760. The lowest BCUT2D eigenvalue weighted by Gasteiger charge is -2.00. The highest BCUT2D eigenvalue weighted by Gasteiger charge is 2.43. The zero-order valence-corrected chi connectivity index (χ0v) is 7.68. The van der Waals surface area contributed by atoms with E-state index in [9.17, 15) is 4.79 Å². The van der Waals surface area contributed by atoms with Crippen LogP contribution in [0.15, 0.2) is 24.3 Å². The number of aliphatic hydroxyl groups is 1. The highest BCUT2D eigenvalue weighted by molar-refractivity contribution is 5.75. The summed E-state index contributed by atoms with van der Waals surface area (Å²) >= 11 is 0. The highest BCUT2D eigenvalue weighted by Crippen LogP contribution is 2.47. The molecular weight excluding hydrogens is 180 g/mol. The van der Waals surface area contributed by atoms with Gasteiger partial charge in [-0.25, -0.2) is 0 Å². The SMILES string of the molecule is O=C(O)C1CC1c1ccc(CO)cc1. The van der Waals surface area contributed by atoms with Crippen LogP contribution in [0.4, 0.5) is 0 Å². The average molecular weight is 192 g/mol. The van der Waals surface area contributed by atoms with Crippen LogP contribution in [0.3, 0.4) is 0 Å². The summed E-state index contributed by atoms with van der Waals surface area (Å²) in [6, 6.07) is 7.48. The number of carboxylic acids is 1. The van der Waals surface area contributed by atoms with E-state index >= 15 is 0 Å². The number of hydrogen-bond donors (Lipinski definition) is 2. The zero-order valence-electron chi connectivity index (χ0n) is 7.68. The van der Waals surface area contributed by atoms with E-state index in [4.69, 9.17) is 10.2 Å². The Morgan fingerprint density at radius 1 is 1.36 bits per heavy atom. The first-order valence-corrected chi connectivity index (χ1v) is 4.65. The van der Waals surface area contributed by atoms with Gasteiger partial charge in [-0.05, 0) is 23.5 Å². The van der Waals surface area contributed by atoms with Crippen molar-refractivity contribution >= 4 is 5.97 Å². The molecule has 0 aliphatic heterocycles. The van der Waals surface area contributed by atoms with Gasteiger partial charge in [0, 0.05) is 0 Å². The van der Waals surface area contributed by atoms with E-state index in [-0.39, 0.29) is 18.4 Å². The summed E-state index contributed by atoms with van der Waals surface area (Å²) < 4.78 is 0. The maximum Gasteiger partial charge on any atom is 0.307 e. The summed E-state index contributed by atoms with van der Waals surface area (Å²) in [6.45, 7) is 0.0350. The van der Waals surface area contributed by atoms with Gasteiger partial charge < -0.3 is 10.2 Å². The molecule has 0 saturated heterocycles. The average Bonchev–Trinajstić information content (AvgIpc) is 2.97. The van der Waals surface area contributed by atoms with Crippen molar-refractivity contribution in [1.29, 1.82) is 0 Å². The molecule has 1 aromatic carbocycles. The number of hydrogen-bond acceptors (Lipinski definition) is 2. The summed E-state index contributed by atoms with van der Waals surface area (Å²) in [5, 5.41) is 17.6. The summed E-state index contributed by atoms with van der Waals surface area (Å²) in [4.78, 5) is 10.6. The summed E-state index contributed by atoms with van der Waals surface area (Å²) in [5.41, 5.74) is 1.93. The van der Waals surface area contributed by atoms with E-state index in [1.54, 1.807) is 0 Å². The number of aliphatic hydroxyl groups excluding tert-OH is 1. The largest absolute Gasteiger partial charge is 0.481 e. The molecule has 2 unspecified atom stereocenters. The topological polar surface area (TPSA) is 57.5 Å². The predicted octanol–water partition coefficient (Wildman–Crippen LogP) is 1.37. The van der Waals surface area contributed by atoms with Crippen molar-refractivity contribution in [1.82, 2.24) is 0 Å². The normalized spacial score (nSPS) is 24.6. The highest BCUT2D eigenvalue weighted by atomic mass is 16.4. The summed E-state index contributed by atoms with van der Waals surface area (Å²) in [5.74, 6) is -0.726. The van der Waals surface area contributed by atoms with Crippen molar-refractivity contribution in [3.63, 3.8) is 0 Å². The fourth-order valence-electron chi connectivity index (χ4n) is 1.71. The van der Waals surface area contributed by atoms with E-state index < -0.39 is 5.97 Å². The van der Waals surface area contributed by atoms with Gasteiger partial charge in [-0.2, -0.15) is 0 Å². The van der Waals surface area contributed by atoms with Gasteiger partial charge in [-0.3, -0.25) is 4.79 Å². The lowest BCUT2D eigenvalue weighted by molar-refractivity contribution is -0.138. The lowest BCUT2D eigenvalue weighted by atomic mass is 10.1. The molecule has 1 aliphatic rings. The molecule has 1 aliphatic carbocycles. The molecule has 3 heteroatoms. The van der Waals surface area contributed by atoms with Crippen molar-refractivity contribution in [3.05, 3.63) is 35.4 Å². The molecule has 14 heavy (non-hydrogen) atoms. The molecule has 0 heterocycles. The second-order valence-corrected chi connectivity index (χ2v) is 3.69. The minimum absolute atomic E-state index is 0.0350. The molecule has 3 nitrogen and oxygen atoms in total. The first-order chi connectivity index (χ1) is 6.72. The predicted molar refractivity (Wildman–Crippen MR) is 50.8 cm³/mol. The molecule has 0 radical (unpaired) electrons. The van der Waals surface area contributed by atoms with Gasteiger partial charge in [0.15, 0.2) is 0 Å². The van der Waals surface area contributed by atoms with Crippen molar-refractivity contribution in [2.24, 2.45) is 5.92 Å². The van der Waals surface area contributed by atoms with Crippen LogP contribution in [-0.4, -0.2) is 16.2 Å². The maximum atomic E-state index is 10.6. The van der Waals surface area contributed by atoms with Crippen molar-refractivity contribution < 1.29 is 15.0 Å². The van der Waals surface area contributed by atoms with Crippen LogP contribution < -0.4 is 0 Å². The van der Waals surface area contributed by atoms with Gasteiger partial charge in [0.05, 0.1) is 12.5 Å². The standard InChI is InChI=1S/C11H12O3/c12-6-7-1-3-8(4-2-7)9-5-10(9)11(13)14/h1-4,9-10,12H,5-6H2,(H,13,14). The Morgan fingerprint density at radius 3 is 2.43 bits per heavy atom. The smallest absolute Gasteiger partial charge is 0.307 e. The van der Waals surface area contributed by atoms with E-state index in [1.165, 1.54) is 0 Å². The second-order valence-electron chi connectivity index (χ2n) is 3.69. The number of rotatable bonds is 3. The lowest BCUT2D eigenvalue weighted by Crippen LogP contribution is -1.98. The first-order valence-electron chi connectivity index (χ1n) is 4.65. The summed E-state index contributed by atoms with van der Waals surface area (Å²) in [7, 11) is 0. The monoisotopic (exact) mass is 192 g/mol. The third-order valence-electron chi connectivity index (χ3n) is 2.70. The molecule has 2 N–H and O–H groups in total. The van der Waals surface area contributed by atoms with Gasteiger partial charge >= 0.3 is 5.97 Å². The molecule has 0 aromatic heterocycles.